The predicted molar refractivity (Wildman–Crippen MR) is 45.0 cm³/mol. The Bertz CT molecular complexity index is 129. The van der Waals surface area contributed by atoms with Gasteiger partial charge in [-0.1, -0.05) is 19.1 Å². The van der Waals surface area contributed by atoms with Gasteiger partial charge in [0.15, 0.2) is 0 Å². The molecule has 0 amide bonds. The van der Waals surface area contributed by atoms with Crippen molar-refractivity contribution in [3.05, 3.63) is 12.2 Å². The van der Waals surface area contributed by atoms with Crippen LogP contribution in [0.3, 0.4) is 0 Å². The maximum atomic E-state index is 3.19. The van der Waals surface area contributed by atoms with Gasteiger partial charge < -0.3 is 5.32 Å². The Hall–Kier alpha value is -0.300. The van der Waals surface area contributed by atoms with Gasteiger partial charge in [-0.15, -0.1) is 0 Å². The molecule has 0 aliphatic heterocycles. The van der Waals surface area contributed by atoms with Gasteiger partial charge in [0.05, 0.1) is 0 Å². The second-order valence-electron chi connectivity index (χ2n) is 3.45. The van der Waals surface area contributed by atoms with Crippen molar-refractivity contribution in [3.8, 4) is 0 Å². The molecule has 1 heteroatoms. The van der Waals surface area contributed by atoms with E-state index in [4.69, 9.17) is 0 Å². The molecule has 1 unspecified atom stereocenters. The first-order valence-corrected chi connectivity index (χ1v) is 4.09. The minimum Gasteiger partial charge on any atom is -0.320 e. The van der Waals surface area contributed by atoms with E-state index in [1.165, 1.54) is 19.3 Å². The lowest BCUT2D eigenvalue weighted by molar-refractivity contribution is 0.380. The summed E-state index contributed by atoms with van der Waals surface area (Å²) in [6.45, 7) is 3.48. The second-order valence-corrected chi connectivity index (χ2v) is 3.45. The first kappa shape index (κ1) is 7.80. The summed E-state index contributed by atoms with van der Waals surface area (Å²) in [7, 11) is 2.02. The molecule has 1 aliphatic rings. The van der Waals surface area contributed by atoms with E-state index in [0.29, 0.717) is 5.41 Å². The van der Waals surface area contributed by atoms with Gasteiger partial charge in [0.1, 0.15) is 0 Å². The van der Waals surface area contributed by atoms with E-state index in [2.05, 4.69) is 24.4 Å². The van der Waals surface area contributed by atoms with Crippen molar-refractivity contribution < 1.29 is 0 Å². The molecular weight excluding hydrogens is 122 g/mol. The minimum absolute atomic E-state index is 0.503. The molecule has 0 heterocycles. The molecule has 58 valence electrons. The Kier molecular flexibility index (Phi) is 2.50. The van der Waals surface area contributed by atoms with Crippen molar-refractivity contribution in [3.63, 3.8) is 0 Å². The number of rotatable bonds is 3. The molecule has 10 heavy (non-hydrogen) atoms. The highest BCUT2D eigenvalue weighted by Gasteiger charge is 2.22. The van der Waals surface area contributed by atoms with Gasteiger partial charge in [-0.05, 0) is 38.3 Å². The third kappa shape index (κ3) is 1.84. The molecule has 0 aromatic heterocycles. The molecule has 1 N–H and O–H groups in total. The fourth-order valence-corrected chi connectivity index (χ4v) is 1.48. The molecule has 1 atom stereocenters. The highest BCUT2D eigenvalue weighted by atomic mass is 14.8. The summed E-state index contributed by atoms with van der Waals surface area (Å²) >= 11 is 0. The Morgan fingerprint density at radius 2 is 2.40 bits per heavy atom. The summed E-state index contributed by atoms with van der Waals surface area (Å²) in [5.74, 6) is 0. The Balaban J connectivity index is 2.30. The largest absolute Gasteiger partial charge is 0.320 e. The summed E-state index contributed by atoms with van der Waals surface area (Å²) in [5, 5.41) is 3.19. The molecule has 1 aliphatic carbocycles. The van der Waals surface area contributed by atoms with E-state index < -0.39 is 0 Å². The van der Waals surface area contributed by atoms with Crippen LogP contribution in [0.1, 0.15) is 26.2 Å². The summed E-state index contributed by atoms with van der Waals surface area (Å²) < 4.78 is 0. The third-order valence-electron chi connectivity index (χ3n) is 2.35. The number of allylic oxidation sites excluding steroid dienone is 2. The van der Waals surface area contributed by atoms with Gasteiger partial charge >= 0.3 is 0 Å². The van der Waals surface area contributed by atoms with Crippen molar-refractivity contribution in [1.82, 2.24) is 5.32 Å². The molecule has 0 fully saturated rings. The number of nitrogens with one attached hydrogen (secondary N) is 1. The molecule has 0 radical (unpaired) electrons. The quantitative estimate of drug-likeness (QED) is 0.589. The van der Waals surface area contributed by atoms with Crippen LogP contribution in [-0.2, 0) is 0 Å². The van der Waals surface area contributed by atoms with Crippen molar-refractivity contribution in [2.45, 2.75) is 26.2 Å². The van der Waals surface area contributed by atoms with Crippen LogP contribution >= 0.6 is 0 Å². The Morgan fingerprint density at radius 1 is 1.60 bits per heavy atom. The van der Waals surface area contributed by atoms with Gasteiger partial charge in [-0.3, -0.25) is 0 Å². The summed E-state index contributed by atoms with van der Waals surface area (Å²) in [4.78, 5) is 0. The topological polar surface area (TPSA) is 12.0 Å². The lowest BCUT2D eigenvalue weighted by Crippen LogP contribution is -2.18. The lowest BCUT2D eigenvalue weighted by Gasteiger charge is -2.20. The highest BCUT2D eigenvalue weighted by Crippen LogP contribution is 2.33. The molecule has 0 saturated carbocycles. The van der Waals surface area contributed by atoms with Crippen molar-refractivity contribution in [2.75, 3.05) is 13.6 Å². The average Bonchev–Trinajstić information content (AvgIpc) is 2.33. The predicted octanol–water partition coefficient (Wildman–Crippen LogP) is 1.95. The zero-order valence-electron chi connectivity index (χ0n) is 6.98. The molecule has 0 saturated heterocycles. The fourth-order valence-electron chi connectivity index (χ4n) is 1.48. The van der Waals surface area contributed by atoms with Gasteiger partial charge in [0.2, 0.25) is 0 Å². The van der Waals surface area contributed by atoms with E-state index in [1.54, 1.807) is 0 Å². The molecule has 0 aromatic rings. The molecule has 1 rings (SSSR count). The van der Waals surface area contributed by atoms with Crippen LogP contribution in [0.2, 0.25) is 0 Å². The van der Waals surface area contributed by atoms with Crippen LogP contribution in [-0.4, -0.2) is 13.6 Å². The smallest absolute Gasteiger partial charge is 0.00437 e. The van der Waals surface area contributed by atoms with Crippen LogP contribution in [0.4, 0.5) is 0 Å². The third-order valence-corrected chi connectivity index (χ3v) is 2.35. The molecule has 0 spiro atoms. The van der Waals surface area contributed by atoms with Gasteiger partial charge in [0.25, 0.3) is 0 Å². The van der Waals surface area contributed by atoms with Crippen LogP contribution in [0, 0.1) is 5.41 Å². The zero-order valence-corrected chi connectivity index (χ0v) is 6.98. The zero-order chi connectivity index (χ0) is 7.45. The highest BCUT2D eigenvalue weighted by molar-refractivity contribution is 5.04. The normalized spacial score (nSPS) is 31.4. The lowest BCUT2D eigenvalue weighted by atomic mass is 9.86. The summed E-state index contributed by atoms with van der Waals surface area (Å²) in [6, 6.07) is 0. The first-order chi connectivity index (χ1) is 4.77. The standard InChI is InChI=1S/C9H17N/c1-9(7-8-10-2)5-3-4-6-9/h3,5,10H,4,6-8H2,1-2H3. The first-order valence-electron chi connectivity index (χ1n) is 4.09. The maximum Gasteiger partial charge on any atom is -0.00437 e. The Morgan fingerprint density at radius 3 is 2.90 bits per heavy atom. The van der Waals surface area contributed by atoms with Gasteiger partial charge in [0, 0.05) is 0 Å². The van der Waals surface area contributed by atoms with E-state index >= 15 is 0 Å². The molecule has 0 bridgehead atoms. The summed E-state index contributed by atoms with van der Waals surface area (Å²) in [6.07, 6.45) is 8.56. The van der Waals surface area contributed by atoms with Crippen LogP contribution in [0.5, 0.6) is 0 Å². The van der Waals surface area contributed by atoms with Crippen molar-refractivity contribution in [1.29, 1.82) is 0 Å². The SMILES string of the molecule is CNCCC1(C)C=CCC1. The van der Waals surface area contributed by atoms with E-state index in [0.717, 1.165) is 6.54 Å². The van der Waals surface area contributed by atoms with E-state index in [1.807, 2.05) is 7.05 Å². The van der Waals surface area contributed by atoms with Crippen LogP contribution < -0.4 is 5.32 Å². The maximum absolute atomic E-state index is 3.19. The minimum atomic E-state index is 0.503. The monoisotopic (exact) mass is 139 g/mol. The van der Waals surface area contributed by atoms with Crippen molar-refractivity contribution in [2.24, 2.45) is 5.41 Å². The van der Waals surface area contributed by atoms with Gasteiger partial charge in [-0.2, -0.15) is 0 Å². The van der Waals surface area contributed by atoms with Crippen molar-refractivity contribution >= 4 is 0 Å². The average molecular weight is 139 g/mol. The fraction of sp³-hybridized carbons (Fsp3) is 0.778. The number of hydrogen-bond donors (Lipinski definition) is 1. The van der Waals surface area contributed by atoms with E-state index in [-0.39, 0.29) is 0 Å². The molecular formula is C9H17N. The number of hydrogen-bond acceptors (Lipinski definition) is 1. The summed E-state index contributed by atoms with van der Waals surface area (Å²) in [5.41, 5.74) is 0.503. The van der Waals surface area contributed by atoms with Crippen LogP contribution in [0.15, 0.2) is 12.2 Å². The van der Waals surface area contributed by atoms with Crippen LogP contribution in [0.25, 0.3) is 0 Å². The Labute approximate surface area is 63.5 Å². The molecule has 1 nitrogen and oxygen atoms in total. The second kappa shape index (κ2) is 3.20. The molecule has 0 aromatic carbocycles. The van der Waals surface area contributed by atoms with E-state index in [9.17, 15) is 0 Å². The van der Waals surface area contributed by atoms with Gasteiger partial charge in [-0.25, -0.2) is 0 Å².